The predicted octanol–water partition coefficient (Wildman–Crippen LogP) is 4.35. The average molecular weight is 430 g/mol. The minimum atomic E-state index is -0.737. The molecule has 0 bridgehead atoms. The van der Waals surface area contributed by atoms with Crippen molar-refractivity contribution in [2.45, 2.75) is 6.92 Å². The zero-order valence-electron chi connectivity index (χ0n) is 17.2. The minimum absolute atomic E-state index is 0.103. The standard InChI is InChI=1S/C24H18N2O6/c1-14-6-5-7-16(10-14)25-23(28)18-9-4-3-8-17(18)19(24(25)29)11-15-12-20(26(30)31)22(27)21(13-15)32-2/h3-13,27H,1-2H3. The van der Waals surface area contributed by atoms with E-state index in [2.05, 4.69) is 0 Å². The molecule has 1 heterocycles. The molecule has 0 radical (unpaired) electrons. The summed E-state index contributed by atoms with van der Waals surface area (Å²) in [4.78, 5) is 38.4. The number of imide groups is 1. The van der Waals surface area contributed by atoms with Crippen LogP contribution in [0.1, 0.15) is 27.0 Å². The SMILES string of the molecule is COc1cc(C=C2C(=O)N(c3cccc(C)c3)C(=O)c3ccccc32)cc([N+](=O)[O-])c1O. The van der Waals surface area contributed by atoms with E-state index in [1.54, 1.807) is 42.5 Å². The van der Waals surface area contributed by atoms with E-state index in [1.165, 1.54) is 19.3 Å². The molecule has 0 atom stereocenters. The zero-order valence-corrected chi connectivity index (χ0v) is 17.2. The van der Waals surface area contributed by atoms with Crippen LogP contribution in [-0.2, 0) is 4.79 Å². The van der Waals surface area contributed by atoms with E-state index in [0.717, 1.165) is 16.5 Å². The zero-order chi connectivity index (χ0) is 23.0. The largest absolute Gasteiger partial charge is 0.500 e. The summed E-state index contributed by atoms with van der Waals surface area (Å²) in [6.45, 7) is 1.86. The number of anilines is 1. The smallest absolute Gasteiger partial charge is 0.315 e. The molecule has 0 aliphatic carbocycles. The van der Waals surface area contributed by atoms with Crippen molar-refractivity contribution in [3.63, 3.8) is 0 Å². The van der Waals surface area contributed by atoms with Crippen LogP contribution in [0, 0.1) is 17.0 Å². The summed E-state index contributed by atoms with van der Waals surface area (Å²) in [6.07, 6.45) is 1.45. The maximum absolute atomic E-state index is 13.5. The van der Waals surface area contributed by atoms with Crippen molar-refractivity contribution in [1.29, 1.82) is 0 Å². The van der Waals surface area contributed by atoms with E-state index in [1.807, 2.05) is 13.0 Å². The van der Waals surface area contributed by atoms with Crippen LogP contribution in [0.15, 0.2) is 60.7 Å². The number of nitrogens with zero attached hydrogens (tertiary/aromatic N) is 2. The van der Waals surface area contributed by atoms with Gasteiger partial charge in [-0.2, -0.15) is 0 Å². The average Bonchev–Trinajstić information content (AvgIpc) is 2.77. The number of ether oxygens (including phenoxy) is 1. The van der Waals surface area contributed by atoms with Crippen LogP contribution in [0.2, 0.25) is 0 Å². The summed E-state index contributed by atoms with van der Waals surface area (Å²) in [6, 6.07) is 16.2. The fraction of sp³-hybridized carbons (Fsp3) is 0.0833. The quantitative estimate of drug-likeness (QED) is 0.285. The van der Waals surface area contributed by atoms with Gasteiger partial charge in [0.2, 0.25) is 5.75 Å². The molecule has 0 aromatic heterocycles. The summed E-state index contributed by atoms with van der Waals surface area (Å²) in [5.74, 6) is -1.72. The number of fused-ring (bicyclic) bond motifs is 1. The van der Waals surface area contributed by atoms with Crippen LogP contribution in [0.3, 0.4) is 0 Å². The van der Waals surface area contributed by atoms with E-state index in [0.29, 0.717) is 16.8 Å². The number of nitro groups is 1. The fourth-order valence-corrected chi connectivity index (χ4v) is 3.65. The van der Waals surface area contributed by atoms with Crippen molar-refractivity contribution in [2.24, 2.45) is 0 Å². The normalized spacial score (nSPS) is 14.4. The lowest BCUT2D eigenvalue weighted by molar-refractivity contribution is -0.386. The first-order chi connectivity index (χ1) is 15.3. The number of hydrogen-bond acceptors (Lipinski definition) is 6. The van der Waals surface area contributed by atoms with Crippen LogP contribution in [0.25, 0.3) is 11.6 Å². The van der Waals surface area contributed by atoms with Crippen molar-refractivity contribution in [2.75, 3.05) is 12.0 Å². The van der Waals surface area contributed by atoms with Crippen molar-refractivity contribution in [3.05, 3.63) is 93.0 Å². The summed E-state index contributed by atoms with van der Waals surface area (Å²) in [5, 5.41) is 21.4. The van der Waals surface area contributed by atoms with E-state index in [4.69, 9.17) is 4.74 Å². The van der Waals surface area contributed by atoms with Gasteiger partial charge < -0.3 is 9.84 Å². The number of phenols is 1. The topological polar surface area (TPSA) is 110 Å². The Labute approximate surface area is 183 Å². The minimum Gasteiger partial charge on any atom is -0.500 e. The van der Waals surface area contributed by atoms with Gasteiger partial charge in [0.25, 0.3) is 11.8 Å². The number of aryl methyl sites for hydroxylation is 1. The lowest BCUT2D eigenvalue weighted by atomic mass is 9.91. The number of amides is 2. The highest BCUT2D eigenvalue weighted by Crippen LogP contribution is 2.39. The van der Waals surface area contributed by atoms with Gasteiger partial charge in [-0.05, 0) is 54.0 Å². The molecule has 1 aliphatic heterocycles. The summed E-state index contributed by atoms with van der Waals surface area (Å²) >= 11 is 0. The molecule has 0 fully saturated rings. The Bertz CT molecular complexity index is 1310. The highest BCUT2D eigenvalue weighted by Gasteiger charge is 2.36. The van der Waals surface area contributed by atoms with Crippen LogP contribution < -0.4 is 9.64 Å². The van der Waals surface area contributed by atoms with Gasteiger partial charge in [0, 0.05) is 17.2 Å². The van der Waals surface area contributed by atoms with Crippen LogP contribution >= 0.6 is 0 Å². The van der Waals surface area contributed by atoms with E-state index < -0.39 is 28.2 Å². The molecular weight excluding hydrogens is 412 g/mol. The number of phenolic OH excluding ortho intramolecular Hbond substituents is 1. The lowest BCUT2D eigenvalue weighted by Gasteiger charge is -2.29. The first-order valence-corrected chi connectivity index (χ1v) is 9.63. The van der Waals surface area contributed by atoms with Crippen LogP contribution in [0.4, 0.5) is 11.4 Å². The Morgan fingerprint density at radius 2 is 1.72 bits per heavy atom. The monoisotopic (exact) mass is 430 g/mol. The van der Waals surface area contributed by atoms with E-state index in [-0.39, 0.29) is 16.9 Å². The Morgan fingerprint density at radius 1 is 1.00 bits per heavy atom. The molecule has 3 aromatic carbocycles. The summed E-state index contributed by atoms with van der Waals surface area (Å²) < 4.78 is 5.05. The maximum atomic E-state index is 13.5. The van der Waals surface area contributed by atoms with Gasteiger partial charge in [-0.25, -0.2) is 4.90 Å². The summed E-state index contributed by atoms with van der Waals surface area (Å²) in [7, 11) is 1.27. The first-order valence-electron chi connectivity index (χ1n) is 9.63. The number of benzene rings is 3. The third-order valence-corrected chi connectivity index (χ3v) is 5.15. The molecule has 8 heteroatoms. The molecule has 1 aliphatic rings. The molecule has 8 nitrogen and oxygen atoms in total. The van der Waals surface area contributed by atoms with Gasteiger partial charge in [0.05, 0.1) is 17.7 Å². The molecule has 0 saturated carbocycles. The van der Waals surface area contributed by atoms with E-state index in [9.17, 15) is 24.8 Å². The molecule has 1 N–H and O–H groups in total. The molecule has 160 valence electrons. The van der Waals surface area contributed by atoms with Crippen molar-refractivity contribution in [1.82, 2.24) is 0 Å². The second-order valence-corrected chi connectivity index (χ2v) is 7.24. The van der Waals surface area contributed by atoms with Crippen LogP contribution in [-0.4, -0.2) is 29.0 Å². The lowest BCUT2D eigenvalue weighted by Crippen LogP contribution is -2.41. The maximum Gasteiger partial charge on any atom is 0.315 e. The van der Waals surface area contributed by atoms with Crippen molar-refractivity contribution in [3.8, 4) is 11.5 Å². The Balaban J connectivity index is 1.93. The van der Waals surface area contributed by atoms with Gasteiger partial charge in [-0.3, -0.25) is 19.7 Å². The van der Waals surface area contributed by atoms with Crippen molar-refractivity contribution >= 4 is 34.8 Å². The number of methoxy groups -OCH3 is 1. The number of aromatic hydroxyl groups is 1. The van der Waals surface area contributed by atoms with Gasteiger partial charge in [-0.15, -0.1) is 0 Å². The predicted molar refractivity (Wildman–Crippen MR) is 119 cm³/mol. The second kappa shape index (κ2) is 7.99. The fourth-order valence-electron chi connectivity index (χ4n) is 3.65. The number of carbonyl (C=O) groups excluding carboxylic acids is 2. The molecule has 4 rings (SSSR count). The Kier molecular flexibility index (Phi) is 5.19. The van der Waals surface area contributed by atoms with Gasteiger partial charge in [-0.1, -0.05) is 30.3 Å². The van der Waals surface area contributed by atoms with Crippen molar-refractivity contribution < 1.29 is 24.4 Å². The van der Waals surface area contributed by atoms with E-state index >= 15 is 0 Å². The Hall–Kier alpha value is -4.46. The number of carbonyl (C=O) groups is 2. The number of hydrogen-bond donors (Lipinski definition) is 1. The van der Waals surface area contributed by atoms with Gasteiger partial charge >= 0.3 is 5.69 Å². The highest BCUT2D eigenvalue weighted by atomic mass is 16.6. The second-order valence-electron chi connectivity index (χ2n) is 7.24. The van der Waals surface area contributed by atoms with Crippen LogP contribution in [0.5, 0.6) is 11.5 Å². The Morgan fingerprint density at radius 3 is 2.38 bits per heavy atom. The number of nitro benzene ring substituents is 1. The number of rotatable bonds is 4. The third-order valence-electron chi connectivity index (χ3n) is 5.15. The van der Waals surface area contributed by atoms with Gasteiger partial charge in [0.15, 0.2) is 5.75 Å². The molecule has 32 heavy (non-hydrogen) atoms. The molecule has 3 aromatic rings. The molecule has 0 spiro atoms. The molecular formula is C24H18N2O6. The van der Waals surface area contributed by atoms with Gasteiger partial charge in [0.1, 0.15) is 0 Å². The third kappa shape index (κ3) is 3.47. The highest BCUT2D eigenvalue weighted by molar-refractivity contribution is 6.43. The molecule has 2 amide bonds. The first kappa shape index (κ1) is 20.8. The summed E-state index contributed by atoms with van der Waals surface area (Å²) in [5.41, 5.74) is 1.95. The molecule has 0 saturated heterocycles. The molecule has 0 unspecified atom stereocenters.